The molecule has 1 unspecified atom stereocenters. The predicted molar refractivity (Wildman–Crippen MR) is 188 cm³/mol. The van der Waals surface area contributed by atoms with Crippen LogP contribution in [0, 0.1) is 0 Å². The Kier molecular flexibility index (Phi) is 10.6. The number of benzene rings is 1. The summed E-state index contributed by atoms with van der Waals surface area (Å²) in [5.41, 5.74) is 0.00471. The van der Waals surface area contributed by atoms with E-state index in [9.17, 15) is 56.7 Å². The van der Waals surface area contributed by atoms with Crippen LogP contribution in [0.1, 0.15) is 46.2 Å². The number of fused-ring (bicyclic) bond motifs is 2. The van der Waals surface area contributed by atoms with E-state index >= 15 is 0 Å². The lowest BCUT2D eigenvalue weighted by molar-refractivity contribution is -0.161. The van der Waals surface area contributed by atoms with Crippen LogP contribution in [0.5, 0.6) is 0 Å². The molecule has 22 heteroatoms. The lowest BCUT2D eigenvalue weighted by atomic mass is 9.95. The molecule has 6 atom stereocenters. The Labute approximate surface area is 317 Å². The van der Waals surface area contributed by atoms with Crippen LogP contribution in [-0.2, 0) is 48.2 Å². The molecule has 0 radical (unpaired) electrons. The minimum Gasteiger partial charge on any atom is -0.480 e. The predicted octanol–water partition coefficient (Wildman–Crippen LogP) is -1.41. The van der Waals surface area contributed by atoms with Crippen molar-refractivity contribution >= 4 is 75.1 Å². The fourth-order valence-electron chi connectivity index (χ4n) is 7.17. The molecule has 5 fully saturated rings. The molecule has 0 bridgehead atoms. The number of hydrogen-bond acceptors (Lipinski definition) is 12. The Morgan fingerprint density at radius 3 is 2.04 bits per heavy atom. The maximum absolute atomic E-state index is 13.3. The van der Waals surface area contributed by atoms with Gasteiger partial charge in [-0.25, -0.2) is 27.6 Å². The monoisotopic (exact) mass is 806 g/mol. The minimum absolute atomic E-state index is 0.0200. The molecule has 5 heterocycles. The third-order valence-corrected chi connectivity index (χ3v) is 14.4. The number of thioether (sulfide) groups is 1. The van der Waals surface area contributed by atoms with E-state index in [-0.39, 0.29) is 13.1 Å². The summed E-state index contributed by atoms with van der Waals surface area (Å²) in [7, 11) is -3.99. The summed E-state index contributed by atoms with van der Waals surface area (Å²) in [6.07, 6.45) is 0.515. The largest absolute Gasteiger partial charge is 0.480 e. The Hall–Kier alpha value is -5.51. The highest BCUT2D eigenvalue weighted by Crippen LogP contribution is 2.51. The normalized spacial score (nSPS) is 28.2. The third kappa shape index (κ3) is 6.66. The first-order valence-electron chi connectivity index (χ1n) is 16.7. The van der Waals surface area contributed by atoms with E-state index in [2.05, 4.69) is 10.6 Å². The van der Waals surface area contributed by atoms with Crippen LogP contribution in [0.4, 0.5) is 4.79 Å². The number of nitrogens with one attached hydrogen (secondary N) is 2. The number of amides is 7. The number of imide groups is 1. The Morgan fingerprint density at radius 1 is 0.891 bits per heavy atom. The van der Waals surface area contributed by atoms with E-state index in [1.165, 1.54) is 35.4 Å². The maximum Gasteiger partial charge on any atom is 0.328 e. The van der Waals surface area contributed by atoms with Crippen molar-refractivity contribution in [1.29, 1.82) is 0 Å². The number of hydrogen-bond donors (Lipinski definition) is 5. The Bertz CT molecular complexity index is 2040. The lowest BCUT2D eigenvalue weighted by Crippen LogP contribution is -2.71. The van der Waals surface area contributed by atoms with Crippen molar-refractivity contribution in [2.45, 2.75) is 79.0 Å². The molecule has 0 saturated carbocycles. The van der Waals surface area contributed by atoms with Gasteiger partial charge < -0.3 is 40.7 Å². The highest BCUT2D eigenvalue weighted by molar-refractivity contribution is 8.01. The van der Waals surface area contributed by atoms with Crippen LogP contribution < -0.4 is 10.6 Å². The van der Waals surface area contributed by atoms with E-state index in [4.69, 9.17) is 10.2 Å². The molecule has 5 saturated heterocycles. The van der Waals surface area contributed by atoms with Gasteiger partial charge in [0.2, 0.25) is 11.8 Å². The molecule has 5 aliphatic heterocycles. The zero-order chi connectivity index (χ0) is 41.1. The summed E-state index contributed by atoms with van der Waals surface area (Å²) in [5, 5.41) is 30.4. The van der Waals surface area contributed by atoms with Crippen molar-refractivity contribution in [3.63, 3.8) is 0 Å². The number of carbonyl (C=O) groups excluding carboxylic acids is 6. The third-order valence-electron chi connectivity index (χ3n) is 10.0. The molecule has 0 aromatic heterocycles. The first kappa shape index (κ1) is 40.7. The number of carboxylic acid groups (broad SMARTS) is 3. The number of urea groups is 1. The molecule has 6 rings (SSSR count). The molecular weight excluding hydrogens is 769 g/mol. The summed E-state index contributed by atoms with van der Waals surface area (Å²) in [5.74, 6) is -7.87. The number of carbonyl (C=O) groups is 9. The van der Waals surface area contributed by atoms with Crippen molar-refractivity contribution in [3.05, 3.63) is 47.5 Å². The van der Waals surface area contributed by atoms with Crippen LogP contribution in [-0.4, -0.2) is 155 Å². The summed E-state index contributed by atoms with van der Waals surface area (Å²) < 4.78 is 22.0. The van der Waals surface area contributed by atoms with Crippen LogP contribution in [0.3, 0.4) is 0 Å². The average molecular weight is 807 g/mol. The van der Waals surface area contributed by atoms with Gasteiger partial charge in [0, 0.05) is 30.5 Å². The van der Waals surface area contributed by atoms with Crippen molar-refractivity contribution in [1.82, 2.24) is 30.2 Å². The van der Waals surface area contributed by atoms with Crippen molar-refractivity contribution in [2.24, 2.45) is 0 Å². The van der Waals surface area contributed by atoms with Crippen molar-refractivity contribution in [3.8, 4) is 0 Å². The summed E-state index contributed by atoms with van der Waals surface area (Å²) in [6.45, 7) is 8.10. The topological polar surface area (TPSA) is 285 Å². The van der Waals surface area contributed by atoms with Gasteiger partial charge in [0.1, 0.15) is 28.2 Å². The number of rotatable bonds is 8. The van der Waals surface area contributed by atoms with E-state index in [0.29, 0.717) is 23.1 Å². The molecular formula is C33H38N6O14S2. The Morgan fingerprint density at radius 2 is 1.49 bits per heavy atom. The van der Waals surface area contributed by atoms with Crippen LogP contribution in [0.25, 0.3) is 0 Å². The smallest absolute Gasteiger partial charge is 0.328 e. The number of carboxylic acids is 3. The standard InChI is InChI=1S/C23H27N5O7S.C10H11NO7S/c1-4-26-10-11-27(19(32)18(26)31)22(35)25-13(12-8-6-5-7-9-12)16(29)24-14-17(30)28-15(21(33)34)23(2,3)36-20(14)28;1-10(2)6(9(15)16)11-7(14)4(3-5(12)13)8(11)19(10,17)18/h5-9,13-15,20H,4,10-11H2,1-3H3,(H,24,29)(H,25,35)(H,33,34);3,6,8H,1-2H3,(H,12,13)(H,15,16)/b;4-3-/t13?,14-,15+,20-;6-,8+/m00/s1. The molecule has 0 aliphatic carbocycles. The fraction of sp³-hybridized carbons (Fsp3) is 0.485. The molecule has 5 aliphatic rings. The molecule has 0 spiro atoms. The second-order valence-corrected chi connectivity index (χ2v) is 18.5. The summed E-state index contributed by atoms with van der Waals surface area (Å²) >= 11 is 1.28. The van der Waals surface area contributed by atoms with E-state index in [1.807, 2.05) is 0 Å². The molecule has 1 aromatic rings. The van der Waals surface area contributed by atoms with Gasteiger partial charge in [-0.2, -0.15) is 0 Å². The molecule has 1 aromatic carbocycles. The van der Waals surface area contributed by atoms with Gasteiger partial charge in [0.25, 0.3) is 5.91 Å². The number of likely N-dealkylation sites (N-methyl/N-ethyl adjacent to an activating group) is 1. The number of β-lactam (4-membered cyclic amide) rings is 2. The molecule has 55 heavy (non-hydrogen) atoms. The SMILES string of the molecule is CC1(C)[C@H](C(=O)O)N2C(=O)/C(=C/C(=O)O)[C@H]2S1(=O)=O.CCN1CCN(C(=O)NC(C(=O)N[C@H]2C(=O)N3[C@H]2SC(C)(C)[C@H]3C(=O)O)c2ccccc2)C(=O)C1=O. The summed E-state index contributed by atoms with van der Waals surface area (Å²) in [4.78, 5) is 113. The maximum atomic E-state index is 13.3. The molecule has 7 amide bonds. The van der Waals surface area contributed by atoms with E-state index in [1.54, 1.807) is 51.1 Å². The van der Waals surface area contributed by atoms with Gasteiger partial charge in [-0.3, -0.25) is 28.9 Å². The quantitative estimate of drug-likeness (QED) is 0.115. The molecule has 20 nitrogen and oxygen atoms in total. The van der Waals surface area contributed by atoms with Gasteiger partial charge in [-0.15, -0.1) is 11.8 Å². The second-order valence-electron chi connectivity index (χ2n) is 14.1. The zero-order valence-corrected chi connectivity index (χ0v) is 31.6. The fourth-order valence-corrected chi connectivity index (χ4v) is 10.9. The van der Waals surface area contributed by atoms with Crippen LogP contribution >= 0.6 is 11.8 Å². The number of sulfone groups is 1. The summed E-state index contributed by atoms with van der Waals surface area (Å²) in [6, 6.07) is 2.60. The average Bonchev–Trinajstić information content (AvgIpc) is 3.45. The minimum atomic E-state index is -3.99. The molecule has 5 N–H and O–H groups in total. The van der Waals surface area contributed by atoms with Gasteiger partial charge >= 0.3 is 35.8 Å². The van der Waals surface area contributed by atoms with Gasteiger partial charge in [-0.05, 0) is 40.2 Å². The van der Waals surface area contributed by atoms with Gasteiger partial charge in [0.05, 0.1) is 5.57 Å². The van der Waals surface area contributed by atoms with Gasteiger partial charge in [0.15, 0.2) is 21.3 Å². The number of aliphatic carboxylic acids is 3. The van der Waals surface area contributed by atoms with E-state index < -0.39 is 113 Å². The zero-order valence-electron chi connectivity index (χ0n) is 30.0. The van der Waals surface area contributed by atoms with Gasteiger partial charge in [-0.1, -0.05) is 30.3 Å². The second kappa shape index (κ2) is 14.3. The van der Waals surface area contributed by atoms with Crippen LogP contribution in [0.2, 0.25) is 0 Å². The lowest BCUT2D eigenvalue weighted by Gasteiger charge is -2.44. The highest BCUT2D eigenvalue weighted by atomic mass is 32.2. The highest BCUT2D eigenvalue weighted by Gasteiger charge is 2.70. The first-order valence-corrected chi connectivity index (χ1v) is 19.2. The van der Waals surface area contributed by atoms with Crippen LogP contribution in [0.15, 0.2) is 42.0 Å². The first-order chi connectivity index (χ1) is 25.5. The number of piperazine rings is 1. The Balaban J connectivity index is 0.000000256. The number of nitrogens with zero attached hydrogens (tertiary/aromatic N) is 4. The van der Waals surface area contributed by atoms with E-state index in [0.717, 1.165) is 4.90 Å². The molecule has 296 valence electrons. The van der Waals surface area contributed by atoms with Crippen molar-refractivity contribution < 1.29 is 66.9 Å². The van der Waals surface area contributed by atoms with Crippen molar-refractivity contribution in [2.75, 3.05) is 19.6 Å².